The predicted molar refractivity (Wildman–Crippen MR) is 85.3 cm³/mol. The number of likely N-dealkylation sites (N-methyl/N-ethyl adjacent to an activating group) is 1. The molecule has 1 amide bonds. The van der Waals surface area contributed by atoms with Gasteiger partial charge in [0, 0.05) is 24.7 Å². The van der Waals surface area contributed by atoms with Crippen molar-refractivity contribution in [1.82, 2.24) is 9.88 Å². The van der Waals surface area contributed by atoms with Gasteiger partial charge in [0.1, 0.15) is 9.71 Å². The predicted octanol–water partition coefficient (Wildman–Crippen LogP) is 3.14. The van der Waals surface area contributed by atoms with Crippen LogP contribution in [-0.2, 0) is 0 Å². The van der Waals surface area contributed by atoms with E-state index in [1.165, 1.54) is 11.3 Å². The van der Waals surface area contributed by atoms with Crippen molar-refractivity contribution >= 4 is 33.1 Å². The number of anilines is 1. The number of hydrogen-bond donors (Lipinski definition) is 1. The molecule has 0 unspecified atom stereocenters. The third kappa shape index (κ3) is 2.54. The van der Waals surface area contributed by atoms with Gasteiger partial charge in [0.25, 0.3) is 5.91 Å². The van der Waals surface area contributed by atoms with Gasteiger partial charge in [-0.3, -0.25) is 4.79 Å². The third-order valence-electron chi connectivity index (χ3n) is 3.07. The molecule has 0 atom stereocenters. The second-order valence-electron chi connectivity index (χ2n) is 5.22. The number of carbonyl (C=O) groups is 1. The molecule has 0 aromatic carbocycles. The summed E-state index contributed by atoms with van der Waals surface area (Å²) in [6.45, 7) is 10.2. The van der Waals surface area contributed by atoms with Crippen LogP contribution in [0.25, 0.3) is 10.2 Å². The van der Waals surface area contributed by atoms with E-state index in [0.717, 1.165) is 27.0 Å². The highest BCUT2D eigenvalue weighted by Gasteiger charge is 2.21. The maximum Gasteiger partial charge on any atom is 0.266 e. The first-order valence-electron chi connectivity index (χ1n) is 6.37. The number of nitrogens with zero attached hydrogens (tertiary/aromatic N) is 2. The quantitative estimate of drug-likeness (QED) is 0.883. The van der Waals surface area contributed by atoms with Crippen molar-refractivity contribution in [2.75, 3.05) is 19.3 Å². The zero-order chi connectivity index (χ0) is 15.0. The monoisotopic (exact) mass is 289 g/mol. The van der Waals surface area contributed by atoms with Crippen LogP contribution in [0.2, 0.25) is 0 Å². The molecule has 0 fully saturated rings. The average Bonchev–Trinajstić information content (AvgIpc) is 2.64. The lowest BCUT2D eigenvalue weighted by Gasteiger charge is -2.16. The van der Waals surface area contributed by atoms with Crippen molar-refractivity contribution in [3.8, 4) is 0 Å². The molecule has 106 valence electrons. The Morgan fingerprint density at radius 3 is 2.75 bits per heavy atom. The Labute approximate surface area is 122 Å². The van der Waals surface area contributed by atoms with Gasteiger partial charge in [-0.2, -0.15) is 0 Å². The molecule has 2 heterocycles. The van der Waals surface area contributed by atoms with Gasteiger partial charge >= 0.3 is 0 Å². The summed E-state index contributed by atoms with van der Waals surface area (Å²) in [5.74, 6) is -0.0782. The van der Waals surface area contributed by atoms with Crippen LogP contribution in [0.1, 0.15) is 27.9 Å². The summed E-state index contributed by atoms with van der Waals surface area (Å²) >= 11 is 1.36. The Morgan fingerprint density at radius 1 is 1.50 bits per heavy atom. The normalized spacial score (nSPS) is 10.8. The van der Waals surface area contributed by atoms with Crippen LogP contribution in [0.3, 0.4) is 0 Å². The highest BCUT2D eigenvalue weighted by molar-refractivity contribution is 7.21. The van der Waals surface area contributed by atoms with Crippen molar-refractivity contribution in [1.29, 1.82) is 0 Å². The summed E-state index contributed by atoms with van der Waals surface area (Å²) in [6, 6.07) is 1.98. The number of hydrogen-bond acceptors (Lipinski definition) is 4. The summed E-state index contributed by atoms with van der Waals surface area (Å²) in [5.41, 5.74) is 9.63. The number of nitrogen functional groups attached to an aromatic ring is 1. The van der Waals surface area contributed by atoms with E-state index in [4.69, 9.17) is 5.73 Å². The zero-order valence-corrected chi connectivity index (χ0v) is 13.1. The highest BCUT2D eigenvalue weighted by Crippen LogP contribution is 2.35. The Kier molecular flexibility index (Phi) is 3.81. The van der Waals surface area contributed by atoms with Crippen LogP contribution < -0.4 is 5.73 Å². The molecule has 4 nitrogen and oxygen atoms in total. The SMILES string of the molecule is C=C(C)CN(C)C(=O)c1sc2nc(C)cc(C)c2c1N. The summed E-state index contributed by atoms with van der Waals surface area (Å²) < 4.78 is 0. The number of fused-ring (bicyclic) bond motifs is 1. The van der Waals surface area contributed by atoms with E-state index in [1.807, 2.05) is 26.8 Å². The van der Waals surface area contributed by atoms with Crippen LogP contribution in [0.15, 0.2) is 18.2 Å². The first-order chi connectivity index (χ1) is 9.31. The largest absolute Gasteiger partial charge is 0.397 e. The smallest absolute Gasteiger partial charge is 0.266 e. The Bertz CT molecular complexity index is 703. The van der Waals surface area contributed by atoms with E-state index >= 15 is 0 Å². The van der Waals surface area contributed by atoms with E-state index < -0.39 is 0 Å². The number of thiophene rings is 1. The molecule has 2 aromatic rings. The number of rotatable bonds is 3. The molecule has 2 N–H and O–H groups in total. The number of aryl methyl sites for hydroxylation is 2. The maximum absolute atomic E-state index is 12.5. The van der Waals surface area contributed by atoms with Gasteiger partial charge < -0.3 is 10.6 Å². The van der Waals surface area contributed by atoms with Crippen molar-refractivity contribution < 1.29 is 4.79 Å². The molecule has 0 saturated heterocycles. The van der Waals surface area contributed by atoms with Crippen LogP contribution in [-0.4, -0.2) is 29.4 Å². The van der Waals surface area contributed by atoms with Gasteiger partial charge in [-0.15, -0.1) is 11.3 Å². The van der Waals surface area contributed by atoms with E-state index in [2.05, 4.69) is 11.6 Å². The minimum Gasteiger partial charge on any atom is -0.397 e. The number of aromatic nitrogens is 1. The van der Waals surface area contributed by atoms with Gasteiger partial charge in [-0.25, -0.2) is 4.98 Å². The van der Waals surface area contributed by atoms with Crippen molar-refractivity contribution in [3.63, 3.8) is 0 Å². The Hall–Kier alpha value is -1.88. The van der Waals surface area contributed by atoms with Crippen LogP contribution in [0, 0.1) is 13.8 Å². The summed E-state index contributed by atoms with van der Waals surface area (Å²) in [4.78, 5) is 19.9. The second kappa shape index (κ2) is 5.25. The van der Waals surface area contributed by atoms with E-state index in [0.29, 0.717) is 17.1 Å². The number of amides is 1. The minimum absolute atomic E-state index is 0.0782. The van der Waals surface area contributed by atoms with Gasteiger partial charge in [-0.05, 0) is 32.4 Å². The van der Waals surface area contributed by atoms with Crippen molar-refractivity contribution in [3.05, 3.63) is 34.4 Å². The molecular formula is C15H19N3OS. The fraction of sp³-hybridized carbons (Fsp3) is 0.333. The molecule has 0 aliphatic carbocycles. The molecule has 20 heavy (non-hydrogen) atoms. The first-order valence-corrected chi connectivity index (χ1v) is 7.19. The lowest BCUT2D eigenvalue weighted by molar-refractivity contribution is 0.0812. The van der Waals surface area contributed by atoms with Crippen molar-refractivity contribution in [2.45, 2.75) is 20.8 Å². The molecule has 2 rings (SSSR count). The molecular weight excluding hydrogens is 270 g/mol. The van der Waals surface area contributed by atoms with Gasteiger partial charge in [-0.1, -0.05) is 12.2 Å². The van der Waals surface area contributed by atoms with E-state index in [-0.39, 0.29) is 5.91 Å². The molecule has 0 aliphatic rings. The van der Waals surface area contributed by atoms with Gasteiger partial charge in [0.05, 0.1) is 5.69 Å². The Morgan fingerprint density at radius 2 is 2.15 bits per heavy atom. The number of carbonyl (C=O) groups excluding carboxylic acids is 1. The topological polar surface area (TPSA) is 59.2 Å². The lowest BCUT2D eigenvalue weighted by atomic mass is 10.1. The minimum atomic E-state index is -0.0782. The van der Waals surface area contributed by atoms with Gasteiger partial charge in [0.2, 0.25) is 0 Å². The standard InChI is InChI=1S/C15H19N3OS/c1-8(2)7-18(5)15(19)13-12(16)11-9(3)6-10(4)17-14(11)20-13/h6H,1,7,16H2,2-5H3. The highest BCUT2D eigenvalue weighted by atomic mass is 32.1. The second-order valence-corrected chi connectivity index (χ2v) is 6.22. The Balaban J connectivity index is 2.50. The summed E-state index contributed by atoms with van der Waals surface area (Å²) in [7, 11) is 1.76. The number of nitrogens with two attached hydrogens (primary N) is 1. The summed E-state index contributed by atoms with van der Waals surface area (Å²) in [6.07, 6.45) is 0. The molecule has 2 aromatic heterocycles. The average molecular weight is 289 g/mol. The molecule has 0 saturated carbocycles. The van der Waals surface area contributed by atoms with Crippen LogP contribution in [0.5, 0.6) is 0 Å². The molecule has 0 radical (unpaired) electrons. The third-order valence-corrected chi connectivity index (χ3v) is 4.16. The molecule has 0 spiro atoms. The first kappa shape index (κ1) is 14.5. The van der Waals surface area contributed by atoms with E-state index in [9.17, 15) is 4.79 Å². The molecule has 0 bridgehead atoms. The van der Waals surface area contributed by atoms with E-state index in [1.54, 1.807) is 11.9 Å². The lowest BCUT2D eigenvalue weighted by Crippen LogP contribution is -2.27. The summed E-state index contributed by atoms with van der Waals surface area (Å²) in [5, 5.41) is 0.896. The van der Waals surface area contributed by atoms with Gasteiger partial charge in [0.15, 0.2) is 0 Å². The van der Waals surface area contributed by atoms with Crippen LogP contribution in [0.4, 0.5) is 5.69 Å². The van der Waals surface area contributed by atoms with Crippen molar-refractivity contribution in [2.24, 2.45) is 0 Å². The number of pyridine rings is 1. The maximum atomic E-state index is 12.5. The molecule has 0 aliphatic heterocycles. The molecule has 5 heteroatoms. The fourth-order valence-corrected chi connectivity index (χ4v) is 3.49. The zero-order valence-electron chi connectivity index (χ0n) is 12.3. The fourth-order valence-electron chi connectivity index (χ4n) is 2.28. The van der Waals surface area contributed by atoms with Crippen LogP contribution >= 0.6 is 11.3 Å².